The van der Waals surface area contributed by atoms with Crippen molar-refractivity contribution in [3.8, 4) is 0 Å². The molecule has 1 amide bonds. The maximum atomic E-state index is 12.7. The van der Waals surface area contributed by atoms with E-state index in [-0.39, 0.29) is 18.3 Å². The number of hydrogen-bond acceptors (Lipinski definition) is 6. The Morgan fingerprint density at radius 3 is 2.08 bits per heavy atom. The van der Waals surface area contributed by atoms with Crippen LogP contribution in [0.5, 0.6) is 0 Å². The highest BCUT2D eigenvalue weighted by atomic mass is 35.5. The van der Waals surface area contributed by atoms with Crippen LogP contribution in [0.2, 0.25) is 0 Å². The highest BCUT2D eigenvalue weighted by molar-refractivity contribution is 7.86. The Kier molecular flexibility index (Phi) is 7.44. The summed E-state index contributed by atoms with van der Waals surface area (Å²) in [5.41, 5.74) is 0. The summed E-state index contributed by atoms with van der Waals surface area (Å²) in [6, 6.07) is 0. The molecule has 0 radical (unpaired) electrons. The lowest BCUT2D eigenvalue weighted by Gasteiger charge is -2.40. The van der Waals surface area contributed by atoms with Crippen LogP contribution in [-0.2, 0) is 19.7 Å². The van der Waals surface area contributed by atoms with Gasteiger partial charge in [-0.25, -0.2) is 0 Å². The number of likely N-dealkylation sites (N-methyl/N-ethyl adjacent to an activating group) is 1. The molecule has 146 valence electrons. The number of nitrogens with zero attached hydrogens (tertiary/aromatic N) is 4. The molecule has 3 aliphatic rings. The third-order valence-corrected chi connectivity index (χ3v) is 6.90. The number of morpholine rings is 1. The molecule has 0 spiro atoms. The van der Waals surface area contributed by atoms with Crippen LogP contribution in [0.3, 0.4) is 0 Å². The van der Waals surface area contributed by atoms with Gasteiger partial charge in [0.1, 0.15) is 6.10 Å². The minimum absolute atomic E-state index is 0. The molecule has 1 unspecified atom stereocenters. The molecular formula is C14H28ClN5O4S. The number of amides is 1. The Labute approximate surface area is 155 Å². The number of hydrogen-bond donors (Lipinski definition) is 1. The molecule has 3 saturated heterocycles. The first-order valence-electron chi connectivity index (χ1n) is 8.53. The van der Waals surface area contributed by atoms with Crippen LogP contribution in [0.25, 0.3) is 0 Å². The van der Waals surface area contributed by atoms with Crippen molar-refractivity contribution < 1.29 is 17.9 Å². The number of ether oxygens (including phenoxy) is 1. The molecular weight excluding hydrogens is 370 g/mol. The summed E-state index contributed by atoms with van der Waals surface area (Å²) in [6.07, 6.45) is -0.445. The van der Waals surface area contributed by atoms with Crippen LogP contribution in [0, 0.1) is 0 Å². The van der Waals surface area contributed by atoms with Crippen molar-refractivity contribution in [3.63, 3.8) is 0 Å². The van der Waals surface area contributed by atoms with Gasteiger partial charge in [0, 0.05) is 65.4 Å². The van der Waals surface area contributed by atoms with E-state index in [1.165, 1.54) is 4.31 Å². The fraction of sp³-hybridized carbons (Fsp3) is 0.929. The molecule has 3 fully saturated rings. The van der Waals surface area contributed by atoms with Gasteiger partial charge in [0.05, 0.1) is 6.61 Å². The molecule has 0 aromatic rings. The lowest BCUT2D eigenvalue weighted by Crippen LogP contribution is -2.59. The summed E-state index contributed by atoms with van der Waals surface area (Å²) in [6.45, 7) is 5.93. The second kappa shape index (κ2) is 8.94. The van der Waals surface area contributed by atoms with E-state index in [1.807, 2.05) is 7.05 Å². The number of piperazine rings is 2. The lowest BCUT2D eigenvalue weighted by molar-refractivity contribution is -0.146. The molecule has 0 aromatic carbocycles. The van der Waals surface area contributed by atoms with Gasteiger partial charge in [0.15, 0.2) is 0 Å². The highest BCUT2D eigenvalue weighted by Gasteiger charge is 2.36. The van der Waals surface area contributed by atoms with Crippen molar-refractivity contribution in [1.29, 1.82) is 0 Å². The van der Waals surface area contributed by atoms with E-state index in [0.29, 0.717) is 52.4 Å². The van der Waals surface area contributed by atoms with Gasteiger partial charge in [0.2, 0.25) is 0 Å². The molecule has 0 bridgehead atoms. The van der Waals surface area contributed by atoms with Crippen LogP contribution in [0.1, 0.15) is 0 Å². The zero-order valence-corrected chi connectivity index (χ0v) is 16.2. The summed E-state index contributed by atoms with van der Waals surface area (Å²) < 4.78 is 34.0. The van der Waals surface area contributed by atoms with Crippen LogP contribution in [0.4, 0.5) is 0 Å². The zero-order chi connectivity index (χ0) is 17.2. The number of nitrogens with one attached hydrogen (secondary N) is 1. The molecule has 0 saturated carbocycles. The summed E-state index contributed by atoms with van der Waals surface area (Å²) in [7, 11) is -1.43. The summed E-state index contributed by atoms with van der Waals surface area (Å²) >= 11 is 0. The number of carbonyl (C=O) groups excluding carboxylic acids is 1. The second-order valence-corrected chi connectivity index (χ2v) is 8.43. The molecule has 3 heterocycles. The Balaban J connectivity index is 0.00000225. The third-order valence-electron chi connectivity index (χ3n) is 4.87. The van der Waals surface area contributed by atoms with Gasteiger partial charge in [-0.3, -0.25) is 4.79 Å². The summed E-state index contributed by atoms with van der Waals surface area (Å²) in [5.74, 6) is -0.0427. The Morgan fingerprint density at radius 2 is 1.56 bits per heavy atom. The van der Waals surface area contributed by atoms with Crippen molar-refractivity contribution in [2.24, 2.45) is 0 Å². The maximum absolute atomic E-state index is 12.7. The average Bonchev–Trinajstić information content (AvgIpc) is 2.62. The Morgan fingerprint density at radius 1 is 1.00 bits per heavy atom. The van der Waals surface area contributed by atoms with E-state index in [0.717, 1.165) is 19.6 Å². The van der Waals surface area contributed by atoms with Gasteiger partial charge in [-0.05, 0) is 7.05 Å². The second-order valence-electron chi connectivity index (χ2n) is 6.50. The monoisotopic (exact) mass is 397 g/mol. The minimum atomic E-state index is -3.42. The van der Waals surface area contributed by atoms with Gasteiger partial charge < -0.3 is 19.9 Å². The highest BCUT2D eigenvalue weighted by Crippen LogP contribution is 2.15. The first-order chi connectivity index (χ1) is 11.5. The van der Waals surface area contributed by atoms with Crippen molar-refractivity contribution in [2.75, 3.05) is 79.1 Å². The van der Waals surface area contributed by atoms with Crippen molar-refractivity contribution in [3.05, 3.63) is 0 Å². The minimum Gasteiger partial charge on any atom is -0.366 e. The quantitative estimate of drug-likeness (QED) is 0.595. The molecule has 25 heavy (non-hydrogen) atoms. The number of carbonyl (C=O) groups is 1. The average molecular weight is 398 g/mol. The smallest absolute Gasteiger partial charge is 0.282 e. The van der Waals surface area contributed by atoms with Gasteiger partial charge in [0.25, 0.3) is 16.1 Å². The summed E-state index contributed by atoms with van der Waals surface area (Å²) in [5, 5.41) is 3.14. The van der Waals surface area contributed by atoms with Crippen molar-refractivity contribution >= 4 is 28.5 Å². The predicted octanol–water partition coefficient (Wildman–Crippen LogP) is -1.97. The predicted molar refractivity (Wildman–Crippen MR) is 96.0 cm³/mol. The van der Waals surface area contributed by atoms with Crippen LogP contribution < -0.4 is 5.32 Å². The standard InChI is InChI=1S/C14H27N5O4S.ClH/c1-16-3-7-18(8-4-16)24(21,22)19-9-5-17(6-10-19)14(20)13-12-15-2-11-23-13;/h13,15H,2-12H2,1H3;1H. The third kappa shape index (κ3) is 4.82. The van der Waals surface area contributed by atoms with E-state index < -0.39 is 16.3 Å². The van der Waals surface area contributed by atoms with E-state index in [1.54, 1.807) is 9.21 Å². The maximum Gasteiger partial charge on any atom is 0.282 e. The Hall–Kier alpha value is -0.490. The topological polar surface area (TPSA) is 85.4 Å². The molecule has 9 nitrogen and oxygen atoms in total. The first-order valence-corrected chi connectivity index (χ1v) is 9.93. The molecule has 1 N–H and O–H groups in total. The van der Waals surface area contributed by atoms with Gasteiger partial charge in [-0.15, -0.1) is 12.4 Å². The van der Waals surface area contributed by atoms with E-state index in [2.05, 4.69) is 10.2 Å². The summed E-state index contributed by atoms with van der Waals surface area (Å²) in [4.78, 5) is 16.3. The van der Waals surface area contributed by atoms with Crippen molar-refractivity contribution in [2.45, 2.75) is 6.10 Å². The zero-order valence-electron chi connectivity index (χ0n) is 14.6. The first kappa shape index (κ1) is 20.8. The van der Waals surface area contributed by atoms with Crippen LogP contribution in [0.15, 0.2) is 0 Å². The molecule has 3 rings (SSSR count). The van der Waals surface area contributed by atoms with E-state index in [9.17, 15) is 13.2 Å². The fourth-order valence-electron chi connectivity index (χ4n) is 3.25. The Bertz CT molecular complexity index is 541. The van der Waals surface area contributed by atoms with Gasteiger partial charge in [-0.2, -0.15) is 17.0 Å². The largest absolute Gasteiger partial charge is 0.366 e. The lowest BCUT2D eigenvalue weighted by atomic mass is 10.2. The van der Waals surface area contributed by atoms with Crippen molar-refractivity contribution in [1.82, 2.24) is 23.7 Å². The SMILES string of the molecule is CN1CCN(S(=O)(=O)N2CCN(C(=O)C3CNCCO3)CC2)CC1.Cl. The van der Waals surface area contributed by atoms with Crippen LogP contribution >= 0.6 is 12.4 Å². The fourth-order valence-corrected chi connectivity index (χ4v) is 4.83. The van der Waals surface area contributed by atoms with E-state index in [4.69, 9.17) is 4.74 Å². The van der Waals surface area contributed by atoms with E-state index >= 15 is 0 Å². The number of rotatable bonds is 3. The molecule has 3 aliphatic heterocycles. The normalized spacial score (nSPS) is 27.7. The number of halogens is 1. The van der Waals surface area contributed by atoms with Crippen LogP contribution in [-0.4, -0.2) is 118 Å². The molecule has 1 atom stereocenters. The van der Waals surface area contributed by atoms with Gasteiger partial charge >= 0.3 is 0 Å². The molecule has 0 aliphatic carbocycles. The van der Waals surface area contributed by atoms with Gasteiger partial charge in [-0.1, -0.05) is 0 Å². The molecule has 0 aromatic heterocycles. The molecule has 11 heteroatoms.